The summed E-state index contributed by atoms with van der Waals surface area (Å²) in [7, 11) is 0. The predicted molar refractivity (Wildman–Crippen MR) is 91.5 cm³/mol. The summed E-state index contributed by atoms with van der Waals surface area (Å²) in [6.07, 6.45) is 2.70. The molecular formula is C17H19ClN2O4. The van der Waals surface area contributed by atoms with E-state index in [9.17, 15) is 9.59 Å². The minimum atomic E-state index is -0.380. The fourth-order valence-electron chi connectivity index (χ4n) is 1.81. The molecule has 0 aliphatic rings. The first-order chi connectivity index (χ1) is 11.5. The topological polar surface area (TPSA) is 80.6 Å². The van der Waals surface area contributed by atoms with Gasteiger partial charge in [0, 0.05) is 5.69 Å². The fraction of sp³-hybridized carbons (Fsp3) is 0.294. The van der Waals surface area contributed by atoms with Gasteiger partial charge < -0.3 is 19.8 Å². The number of carbonyl (C=O) groups excluding carboxylic acids is 2. The Balaban J connectivity index is 1.85. The van der Waals surface area contributed by atoms with Crippen LogP contribution in [0.25, 0.3) is 0 Å². The van der Waals surface area contributed by atoms with E-state index in [1.165, 1.54) is 18.6 Å². The SMILES string of the molecule is CC(C)COc1ccc(NC(=O)CNC(=O)c2ccoc2)cc1Cl. The maximum atomic E-state index is 11.9. The molecule has 128 valence electrons. The van der Waals surface area contributed by atoms with E-state index in [0.717, 1.165) is 0 Å². The number of halogens is 1. The monoisotopic (exact) mass is 350 g/mol. The Hall–Kier alpha value is -2.47. The van der Waals surface area contributed by atoms with Crippen molar-refractivity contribution in [3.63, 3.8) is 0 Å². The molecule has 1 heterocycles. The molecule has 6 nitrogen and oxygen atoms in total. The van der Waals surface area contributed by atoms with Crippen LogP contribution >= 0.6 is 11.6 Å². The zero-order valence-corrected chi connectivity index (χ0v) is 14.2. The third kappa shape index (κ3) is 5.31. The number of ether oxygens (including phenoxy) is 1. The Morgan fingerprint density at radius 2 is 2.08 bits per heavy atom. The lowest BCUT2D eigenvalue weighted by Gasteiger charge is -2.12. The molecule has 2 aromatic rings. The zero-order chi connectivity index (χ0) is 17.5. The van der Waals surface area contributed by atoms with E-state index >= 15 is 0 Å². The number of anilines is 1. The van der Waals surface area contributed by atoms with Crippen LogP contribution in [-0.4, -0.2) is 25.0 Å². The van der Waals surface area contributed by atoms with Crippen LogP contribution in [-0.2, 0) is 4.79 Å². The van der Waals surface area contributed by atoms with Crippen LogP contribution in [0.3, 0.4) is 0 Å². The fourth-order valence-corrected chi connectivity index (χ4v) is 2.05. The lowest BCUT2D eigenvalue weighted by atomic mass is 10.2. The summed E-state index contributed by atoms with van der Waals surface area (Å²) in [6.45, 7) is 4.49. The molecular weight excluding hydrogens is 332 g/mol. The summed E-state index contributed by atoms with van der Waals surface area (Å²) in [5.74, 6) is 0.212. The lowest BCUT2D eigenvalue weighted by Crippen LogP contribution is -2.32. The van der Waals surface area contributed by atoms with Crippen molar-refractivity contribution in [3.05, 3.63) is 47.4 Å². The Morgan fingerprint density at radius 3 is 2.71 bits per heavy atom. The van der Waals surface area contributed by atoms with Crippen LogP contribution in [0.1, 0.15) is 24.2 Å². The zero-order valence-electron chi connectivity index (χ0n) is 13.5. The summed E-state index contributed by atoms with van der Waals surface area (Å²) in [4.78, 5) is 23.6. The van der Waals surface area contributed by atoms with Gasteiger partial charge in [0.25, 0.3) is 5.91 Å². The number of rotatable bonds is 7. The number of benzene rings is 1. The quantitative estimate of drug-likeness (QED) is 0.802. The van der Waals surface area contributed by atoms with Crippen molar-refractivity contribution in [3.8, 4) is 5.75 Å². The molecule has 1 aromatic heterocycles. The van der Waals surface area contributed by atoms with Crippen LogP contribution in [0.15, 0.2) is 41.2 Å². The van der Waals surface area contributed by atoms with Gasteiger partial charge in [0.2, 0.25) is 5.91 Å². The number of hydrogen-bond acceptors (Lipinski definition) is 4. The number of furan rings is 1. The highest BCUT2D eigenvalue weighted by molar-refractivity contribution is 6.32. The van der Waals surface area contributed by atoms with E-state index in [4.69, 9.17) is 20.8 Å². The Bertz CT molecular complexity index is 699. The Labute approximate surface area is 145 Å². The molecule has 24 heavy (non-hydrogen) atoms. The Morgan fingerprint density at radius 1 is 1.29 bits per heavy atom. The van der Waals surface area contributed by atoms with Crippen LogP contribution in [0.2, 0.25) is 5.02 Å². The first-order valence-electron chi connectivity index (χ1n) is 7.48. The van der Waals surface area contributed by atoms with E-state index in [2.05, 4.69) is 10.6 Å². The molecule has 0 saturated carbocycles. The summed E-state index contributed by atoms with van der Waals surface area (Å²) >= 11 is 6.13. The summed E-state index contributed by atoms with van der Waals surface area (Å²) in [6, 6.07) is 6.51. The van der Waals surface area contributed by atoms with Gasteiger partial charge in [0.1, 0.15) is 12.0 Å². The molecule has 2 rings (SSSR count). The number of amides is 2. The summed E-state index contributed by atoms with van der Waals surface area (Å²) < 4.78 is 10.4. The molecule has 0 radical (unpaired) electrons. The molecule has 2 N–H and O–H groups in total. The van der Waals surface area contributed by atoms with Crippen molar-refractivity contribution in [2.24, 2.45) is 5.92 Å². The van der Waals surface area contributed by atoms with Gasteiger partial charge in [0.05, 0.1) is 30.0 Å². The molecule has 0 spiro atoms. The van der Waals surface area contributed by atoms with Gasteiger partial charge in [-0.2, -0.15) is 0 Å². The molecule has 0 aliphatic heterocycles. The normalized spacial score (nSPS) is 10.5. The minimum Gasteiger partial charge on any atom is -0.492 e. The first-order valence-corrected chi connectivity index (χ1v) is 7.86. The van der Waals surface area contributed by atoms with Crippen molar-refractivity contribution in [1.29, 1.82) is 0 Å². The molecule has 0 saturated heterocycles. The van der Waals surface area contributed by atoms with Crippen molar-refractivity contribution < 1.29 is 18.7 Å². The highest BCUT2D eigenvalue weighted by Gasteiger charge is 2.10. The van der Waals surface area contributed by atoms with Gasteiger partial charge in [-0.25, -0.2) is 0 Å². The van der Waals surface area contributed by atoms with E-state index in [1.54, 1.807) is 18.2 Å². The second kappa shape index (κ2) is 8.40. The summed E-state index contributed by atoms with van der Waals surface area (Å²) in [5.41, 5.74) is 0.886. The van der Waals surface area contributed by atoms with Gasteiger partial charge in [-0.1, -0.05) is 25.4 Å². The average Bonchev–Trinajstić information content (AvgIpc) is 3.06. The second-order valence-corrected chi connectivity index (χ2v) is 6.00. The van der Waals surface area contributed by atoms with Gasteiger partial charge >= 0.3 is 0 Å². The third-order valence-corrected chi connectivity index (χ3v) is 3.28. The molecule has 0 unspecified atom stereocenters. The number of nitrogens with one attached hydrogen (secondary N) is 2. The molecule has 2 amide bonds. The van der Waals surface area contributed by atoms with E-state index in [0.29, 0.717) is 34.5 Å². The smallest absolute Gasteiger partial charge is 0.254 e. The standard InChI is InChI=1S/C17H19ClN2O4/c1-11(2)9-24-15-4-3-13(7-14(15)18)20-16(21)8-19-17(22)12-5-6-23-10-12/h3-7,10-11H,8-9H2,1-2H3,(H,19,22)(H,20,21). The third-order valence-electron chi connectivity index (χ3n) is 2.98. The molecule has 0 fully saturated rings. The Kier molecular flexibility index (Phi) is 6.26. The van der Waals surface area contributed by atoms with Gasteiger partial charge in [0.15, 0.2) is 0 Å². The van der Waals surface area contributed by atoms with Crippen LogP contribution in [0.4, 0.5) is 5.69 Å². The van der Waals surface area contributed by atoms with Gasteiger partial charge in [-0.3, -0.25) is 9.59 Å². The van der Waals surface area contributed by atoms with Crippen molar-refractivity contribution >= 4 is 29.1 Å². The average molecular weight is 351 g/mol. The van der Waals surface area contributed by atoms with Gasteiger partial charge in [-0.05, 0) is 30.2 Å². The predicted octanol–water partition coefficient (Wildman–Crippen LogP) is 3.34. The van der Waals surface area contributed by atoms with Crippen LogP contribution < -0.4 is 15.4 Å². The maximum Gasteiger partial charge on any atom is 0.254 e. The van der Waals surface area contributed by atoms with Crippen LogP contribution in [0.5, 0.6) is 5.75 Å². The molecule has 0 atom stereocenters. The maximum absolute atomic E-state index is 11.9. The van der Waals surface area contributed by atoms with E-state index < -0.39 is 0 Å². The highest BCUT2D eigenvalue weighted by Crippen LogP contribution is 2.28. The molecule has 0 bridgehead atoms. The number of hydrogen-bond donors (Lipinski definition) is 2. The second-order valence-electron chi connectivity index (χ2n) is 5.59. The largest absolute Gasteiger partial charge is 0.492 e. The highest BCUT2D eigenvalue weighted by atomic mass is 35.5. The summed E-state index contributed by atoms with van der Waals surface area (Å²) in [5, 5.41) is 5.57. The van der Waals surface area contributed by atoms with Crippen molar-refractivity contribution in [1.82, 2.24) is 5.32 Å². The van der Waals surface area contributed by atoms with Crippen LogP contribution in [0, 0.1) is 5.92 Å². The van der Waals surface area contributed by atoms with E-state index in [-0.39, 0.29) is 18.4 Å². The number of carbonyl (C=O) groups is 2. The molecule has 0 aliphatic carbocycles. The van der Waals surface area contributed by atoms with E-state index in [1.807, 2.05) is 13.8 Å². The van der Waals surface area contributed by atoms with Crippen molar-refractivity contribution in [2.45, 2.75) is 13.8 Å². The minimum absolute atomic E-state index is 0.159. The first kappa shape index (κ1) is 17.9. The molecule has 7 heteroatoms. The van der Waals surface area contributed by atoms with Crippen molar-refractivity contribution in [2.75, 3.05) is 18.5 Å². The molecule has 1 aromatic carbocycles. The van der Waals surface area contributed by atoms with Gasteiger partial charge in [-0.15, -0.1) is 0 Å². The lowest BCUT2D eigenvalue weighted by molar-refractivity contribution is -0.115.